The lowest BCUT2D eigenvalue weighted by molar-refractivity contribution is -0.120. The number of carbonyl (C=O) groups is 1. The van der Waals surface area contributed by atoms with Crippen LogP contribution in [0.1, 0.15) is 29.2 Å². The minimum absolute atomic E-state index is 0.158. The molecule has 1 amide bonds. The van der Waals surface area contributed by atoms with Crippen LogP contribution in [0.5, 0.6) is 11.5 Å². The van der Waals surface area contributed by atoms with Crippen LogP contribution >= 0.6 is 0 Å². The first-order chi connectivity index (χ1) is 12.9. The van der Waals surface area contributed by atoms with E-state index < -0.39 is 0 Å². The molecule has 0 unspecified atom stereocenters. The monoisotopic (exact) mass is 368 g/mol. The zero-order valence-electron chi connectivity index (χ0n) is 16.1. The fourth-order valence-corrected chi connectivity index (χ4v) is 3.06. The third-order valence-electron chi connectivity index (χ3n) is 4.30. The maximum Gasteiger partial charge on any atom is 0.265 e. The van der Waals surface area contributed by atoms with Crippen molar-refractivity contribution in [3.05, 3.63) is 52.6 Å². The summed E-state index contributed by atoms with van der Waals surface area (Å²) < 4.78 is 11.1. The van der Waals surface area contributed by atoms with E-state index in [9.17, 15) is 4.79 Å². The zero-order chi connectivity index (χ0) is 19.4. The van der Waals surface area contributed by atoms with Crippen LogP contribution in [-0.4, -0.2) is 31.4 Å². The van der Waals surface area contributed by atoms with E-state index >= 15 is 0 Å². The van der Waals surface area contributed by atoms with Crippen LogP contribution in [0.2, 0.25) is 0 Å². The topological polar surface area (TPSA) is 69.2 Å². The number of oxime groups is 1. The number of nitrogens with one attached hydrogen (secondary N) is 1. The van der Waals surface area contributed by atoms with Gasteiger partial charge in [-0.2, -0.15) is 0 Å². The van der Waals surface area contributed by atoms with Gasteiger partial charge in [0.05, 0.1) is 5.71 Å². The first-order valence-electron chi connectivity index (χ1n) is 8.88. The van der Waals surface area contributed by atoms with Crippen molar-refractivity contribution in [2.75, 3.05) is 25.1 Å². The molecule has 0 atom stereocenters. The predicted molar refractivity (Wildman–Crippen MR) is 105 cm³/mol. The fourth-order valence-electron chi connectivity index (χ4n) is 3.06. The summed E-state index contributed by atoms with van der Waals surface area (Å²) >= 11 is 0. The van der Waals surface area contributed by atoms with Gasteiger partial charge >= 0.3 is 0 Å². The summed E-state index contributed by atoms with van der Waals surface area (Å²) in [7, 11) is 0. The number of nitrogens with zero attached hydrogens (tertiary/aromatic N) is 1. The largest absolute Gasteiger partial charge is 0.486 e. The Balaban J connectivity index is 1.59. The van der Waals surface area contributed by atoms with Crippen molar-refractivity contribution < 1.29 is 19.1 Å². The molecule has 0 bridgehead atoms. The smallest absolute Gasteiger partial charge is 0.265 e. The number of rotatable bonds is 5. The van der Waals surface area contributed by atoms with Crippen LogP contribution in [-0.2, 0) is 9.63 Å². The van der Waals surface area contributed by atoms with Gasteiger partial charge in [0, 0.05) is 11.3 Å². The summed E-state index contributed by atoms with van der Waals surface area (Å²) in [6.45, 7) is 8.72. The van der Waals surface area contributed by atoms with Crippen LogP contribution in [0.3, 0.4) is 0 Å². The van der Waals surface area contributed by atoms with Crippen molar-refractivity contribution in [2.45, 2.75) is 27.7 Å². The molecule has 27 heavy (non-hydrogen) atoms. The van der Waals surface area contributed by atoms with E-state index in [1.165, 1.54) is 5.56 Å². The predicted octanol–water partition coefficient (Wildman–Crippen LogP) is 3.76. The molecule has 0 spiro atoms. The summed E-state index contributed by atoms with van der Waals surface area (Å²) in [4.78, 5) is 17.4. The van der Waals surface area contributed by atoms with Crippen LogP contribution in [0.15, 0.2) is 35.5 Å². The van der Waals surface area contributed by atoms with E-state index in [0.29, 0.717) is 24.7 Å². The highest BCUT2D eigenvalue weighted by atomic mass is 16.6. The Bertz CT molecular complexity index is 867. The van der Waals surface area contributed by atoms with Gasteiger partial charge in [0.15, 0.2) is 18.1 Å². The normalized spacial score (nSPS) is 13.3. The van der Waals surface area contributed by atoms with Crippen molar-refractivity contribution in [3.63, 3.8) is 0 Å². The summed E-state index contributed by atoms with van der Waals surface area (Å²) in [6.07, 6.45) is 0. The molecule has 1 aliphatic rings. The quantitative estimate of drug-likeness (QED) is 0.644. The van der Waals surface area contributed by atoms with Gasteiger partial charge in [-0.25, -0.2) is 0 Å². The second kappa shape index (κ2) is 8.12. The molecule has 3 rings (SSSR count). The summed E-state index contributed by atoms with van der Waals surface area (Å²) in [5, 5.41) is 6.93. The number of aryl methyl sites for hydroxylation is 3. The second-order valence-corrected chi connectivity index (χ2v) is 6.63. The number of amides is 1. The molecule has 2 aromatic carbocycles. The molecule has 0 aromatic heterocycles. The van der Waals surface area contributed by atoms with Gasteiger partial charge < -0.3 is 19.6 Å². The van der Waals surface area contributed by atoms with Crippen LogP contribution in [0.4, 0.5) is 5.69 Å². The third-order valence-corrected chi connectivity index (χ3v) is 4.30. The Morgan fingerprint density at radius 1 is 1.07 bits per heavy atom. The number of benzene rings is 2. The Kier molecular flexibility index (Phi) is 5.64. The number of hydrogen-bond donors (Lipinski definition) is 1. The fraction of sp³-hybridized carbons (Fsp3) is 0.333. The molecule has 1 aliphatic heterocycles. The maximum absolute atomic E-state index is 12.2. The Morgan fingerprint density at radius 2 is 1.74 bits per heavy atom. The van der Waals surface area contributed by atoms with Crippen molar-refractivity contribution in [1.82, 2.24) is 0 Å². The zero-order valence-corrected chi connectivity index (χ0v) is 16.1. The number of carbonyl (C=O) groups excluding carboxylic acids is 1. The van der Waals surface area contributed by atoms with Crippen molar-refractivity contribution >= 4 is 17.3 Å². The maximum atomic E-state index is 12.2. The Labute approximate surface area is 159 Å². The molecule has 0 radical (unpaired) electrons. The number of anilines is 1. The molecule has 1 N–H and O–H groups in total. The van der Waals surface area contributed by atoms with E-state index in [-0.39, 0.29) is 12.5 Å². The Morgan fingerprint density at radius 3 is 2.44 bits per heavy atom. The molecule has 142 valence electrons. The van der Waals surface area contributed by atoms with Crippen molar-refractivity contribution in [3.8, 4) is 11.5 Å². The van der Waals surface area contributed by atoms with E-state index in [4.69, 9.17) is 14.3 Å². The third kappa shape index (κ3) is 4.58. The van der Waals surface area contributed by atoms with E-state index in [2.05, 4.69) is 10.5 Å². The van der Waals surface area contributed by atoms with Crippen LogP contribution in [0, 0.1) is 20.8 Å². The average molecular weight is 368 g/mol. The van der Waals surface area contributed by atoms with Crippen LogP contribution in [0.25, 0.3) is 0 Å². The molecule has 0 saturated heterocycles. The number of hydrogen-bond acceptors (Lipinski definition) is 5. The van der Waals surface area contributed by atoms with Gasteiger partial charge in [-0.05, 0) is 57.0 Å². The molecule has 6 heteroatoms. The summed E-state index contributed by atoms with van der Waals surface area (Å²) in [5.41, 5.74) is 5.54. The highest BCUT2D eigenvalue weighted by molar-refractivity contribution is 5.99. The van der Waals surface area contributed by atoms with Crippen LogP contribution < -0.4 is 14.8 Å². The number of fused-ring (bicyclic) bond motifs is 1. The lowest BCUT2D eigenvalue weighted by atomic mass is 10.1. The minimum Gasteiger partial charge on any atom is -0.486 e. The molecular weight excluding hydrogens is 344 g/mol. The Hall–Kier alpha value is -3.02. The van der Waals surface area contributed by atoms with Gasteiger partial charge in [-0.1, -0.05) is 22.9 Å². The number of ether oxygens (including phenoxy) is 2. The van der Waals surface area contributed by atoms with E-state index in [0.717, 1.165) is 28.1 Å². The molecule has 1 heterocycles. The van der Waals surface area contributed by atoms with Crippen molar-refractivity contribution in [1.29, 1.82) is 0 Å². The molecule has 0 aliphatic carbocycles. The first kappa shape index (κ1) is 18.8. The molecule has 2 aromatic rings. The van der Waals surface area contributed by atoms with E-state index in [1.807, 2.05) is 58.0 Å². The highest BCUT2D eigenvalue weighted by Crippen LogP contribution is 2.31. The van der Waals surface area contributed by atoms with Gasteiger partial charge in [0.2, 0.25) is 0 Å². The standard InChI is InChI=1S/C21H24N2O4/c1-13-9-14(2)21(15(3)10-13)22-20(24)12-27-23-16(4)17-5-6-18-19(11-17)26-8-7-25-18/h5-6,9-11H,7-8,12H2,1-4H3,(H,22,24). The van der Waals surface area contributed by atoms with Gasteiger partial charge in [-0.15, -0.1) is 0 Å². The average Bonchev–Trinajstić information content (AvgIpc) is 2.64. The second-order valence-electron chi connectivity index (χ2n) is 6.63. The van der Waals surface area contributed by atoms with E-state index in [1.54, 1.807) is 0 Å². The lowest BCUT2D eigenvalue weighted by Gasteiger charge is -2.18. The lowest BCUT2D eigenvalue weighted by Crippen LogP contribution is -2.19. The molecule has 0 fully saturated rings. The van der Waals surface area contributed by atoms with Crippen molar-refractivity contribution in [2.24, 2.45) is 5.16 Å². The summed E-state index contributed by atoms with van der Waals surface area (Å²) in [5.74, 6) is 1.17. The molecule has 0 saturated carbocycles. The SMILES string of the molecule is CC(=NOCC(=O)Nc1c(C)cc(C)cc1C)c1ccc2c(c1)OCCO2. The van der Waals surface area contributed by atoms with Gasteiger partial charge in [-0.3, -0.25) is 4.79 Å². The van der Waals surface area contributed by atoms with Gasteiger partial charge in [0.25, 0.3) is 5.91 Å². The molecular formula is C21H24N2O4. The first-order valence-corrected chi connectivity index (χ1v) is 8.88. The minimum atomic E-state index is -0.247. The van der Waals surface area contributed by atoms with Gasteiger partial charge in [0.1, 0.15) is 13.2 Å². The molecule has 6 nitrogen and oxygen atoms in total. The highest BCUT2D eigenvalue weighted by Gasteiger charge is 2.13. The summed E-state index contributed by atoms with van der Waals surface area (Å²) in [6, 6.07) is 9.66.